The number of hydrogen-bond donors (Lipinski definition) is 1. The third-order valence-corrected chi connectivity index (χ3v) is 3.74. The van der Waals surface area contributed by atoms with Gasteiger partial charge in [0.1, 0.15) is 0 Å². The Morgan fingerprint density at radius 3 is 2.53 bits per heavy atom. The molecule has 0 spiro atoms. The summed E-state index contributed by atoms with van der Waals surface area (Å²) in [6.45, 7) is 6.01. The fraction of sp³-hybridized carbons (Fsp3) is 0.417. The van der Waals surface area contributed by atoms with Gasteiger partial charge in [0.05, 0.1) is 34.3 Å². The predicted octanol–water partition coefficient (Wildman–Crippen LogP) is 2.10. The van der Waals surface area contributed by atoms with Crippen molar-refractivity contribution in [3.8, 4) is 0 Å². The summed E-state index contributed by atoms with van der Waals surface area (Å²) in [6, 6.07) is -0.131. The zero-order chi connectivity index (χ0) is 12.4. The van der Waals surface area contributed by atoms with Gasteiger partial charge in [0.2, 0.25) is 0 Å². The lowest BCUT2D eigenvalue weighted by molar-refractivity contribution is 0.685. The van der Waals surface area contributed by atoms with Gasteiger partial charge in [0.25, 0.3) is 0 Å². The largest absolute Gasteiger partial charge is 0.322 e. The lowest BCUT2D eigenvalue weighted by atomic mass is 10.1. The molecule has 1 unspecified atom stereocenters. The van der Waals surface area contributed by atoms with Crippen LogP contribution in [0, 0.1) is 20.8 Å². The Balaban J connectivity index is 2.11. The molecule has 0 aliphatic rings. The first-order chi connectivity index (χ1) is 8.06. The van der Waals surface area contributed by atoms with Crippen LogP contribution < -0.4 is 5.73 Å². The number of aromatic nitrogens is 3. The van der Waals surface area contributed by atoms with E-state index < -0.39 is 0 Å². The molecule has 4 nitrogen and oxygen atoms in total. The molecule has 0 saturated heterocycles. The molecule has 0 radical (unpaired) electrons. The van der Waals surface area contributed by atoms with E-state index in [1.54, 1.807) is 23.7 Å². The summed E-state index contributed by atoms with van der Waals surface area (Å²) >= 11 is 1.70. The highest BCUT2D eigenvalue weighted by molar-refractivity contribution is 7.11. The van der Waals surface area contributed by atoms with Crippen molar-refractivity contribution in [2.45, 2.75) is 33.2 Å². The number of nitrogens with two attached hydrogens (primary N) is 1. The highest BCUT2D eigenvalue weighted by atomic mass is 32.1. The lowest BCUT2D eigenvalue weighted by Gasteiger charge is -2.08. The van der Waals surface area contributed by atoms with Crippen LogP contribution in [-0.2, 0) is 6.42 Å². The van der Waals surface area contributed by atoms with E-state index in [0.717, 1.165) is 28.5 Å². The summed E-state index contributed by atoms with van der Waals surface area (Å²) in [4.78, 5) is 14.2. The molecule has 2 aromatic rings. The number of rotatable bonds is 3. The van der Waals surface area contributed by atoms with Crippen LogP contribution in [0.5, 0.6) is 0 Å². The molecule has 0 aliphatic carbocycles. The van der Waals surface area contributed by atoms with Crippen LogP contribution in [0.1, 0.15) is 33.0 Å². The molecule has 2 heterocycles. The van der Waals surface area contributed by atoms with Gasteiger partial charge in [-0.3, -0.25) is 9.97 Å². The van der Waals surface area contributed by atoms with E-state index in [4.69, 9.17) is 5.73 Å². The van der Waals surface area contributed by atoms with Crippen LogP contribution in [0.2, 0.25) is 0 Å². The maximum Gasteiger partial charge on any atom is 0.0950 e. The van der Waals surface area contributed by atoms with Crippen LogP contribution in [0.3, 0.4) is 0 Å². The van der Waals surface area contributed by atoms with E-state index in [2.05, 4.69) is 21.9 Å². The summed E-state index contributed by atoms with van der Waals surface area (Å²) in [6.07, 6.45) is 4.21. The molecule has 0 amide bonds. The molecule has 2 rings (SSSR count). The second-order valence-electron chi connectivity index (χ2n) is 4.14. The molecule has 0 aromatic carbocycles. The van der Waals surface area contributed by atoms with Gasteiger partial charge in [-0.25, -0.2) is 4.98 Å². The average Bonchev–Trinajstić information content (AvgIpc) is 2.58. The van der Waals surface area contributed by atoms with Gasteiger partial charge < -0.3 is 5.73 Å². The fourth-order valence-corrected chi connectivity index (χ4v) is 2.51. The van der Waals surface area contributed by atoms with E-state index in [0.29, 0.717) is 0 Å². The molecule has 2 N–H and O–H groups in total. The van der Waals surface area contributed by atoms with E-state index in [-0.39, 0.29) is 6.04 Å². The molecule has 90 valence electrons. The molecule has 5 heteroatoms. The molecule has 0 fully saturated rings. The Labute approximate surface area is 105 Å². The minimum atomic E-state index is -0.131. The van der Waals surface area contributed by atoms with E-state index in [1.807, 2.05) is 13.8 Å². The number of aryl methyl sites for hydroxylation is 3. The smallest absolute Gasteiger partial charge is 0.0950 e. The lowest BCUT2D eigenvalue weighted by Crippen LogP contribution is -2.15. The van der Waals surface area contributed by atoms with Crippen LogP contribution in [0.4, 0.5) is 0 Å². The monoisotopic (exact) mass is 248 g/mol. The number of hydrogen-bond acceptors (Lipinski definition) is 5. The van der Waals surface area contributed by atoms with Gasteiger partial charge in [-0.2, -0.15) is 0 Å². The first-order valence-corrected chi connectivity index (χ1v) is 6.35. The van der Waals surface area contributed by atoms with Gasteiger partial charge in [-0.15, -0.1) is 11.3 Å². The summed E-state index contributed by atoms with van der Waals surface area (Å²) in [5.74, 6) is 0. The molecular formula is C12H16N4S. The standard InChI is InChI=1S/C12H16N4S/c1-7-5-15-11(6-14-7)10(13)4-12-16-8(2)9(3)17-12/h5-6,10H,4,13H2,1-3H3. The van der Waals surface area contributed by atoms with Crippen molar-refractivity contribution in [2.75, 3.05) is 0 Å². The van der Waals surface area contributed by atoms with Gasteiger partial charge in [0.15, 0.2) is 0 Å². The van der Waals surface area contributed by atoms with Crippen LogP contribution >= 0.6 is 11.3 Å². The predicted molar refractivity (Wildman–Crippen MR) is 69.0 cm³/mol. The third-order valence-electron chi connectivity index (χ3n) is 2.65. The summed E-state index contributed by atoms with van der Waals surface area (Å²) in [5, 5.41) is 1.06. The van der Waals surface area contributed by atoms with Crippen molar-refractivity contribution in [3.63, 3.8) is 0 Å². The second-order valence-corrected chi connectivity index (χ2v) is 5.43. The average molecular weight is 248 g/mol. The van der Waals surface area contributed by atoms with Crippen molar-refractivity contribution in [3.05, 3.63) is 39.4 Å². The SMILES string of the molecule is Cc1cnc(C(N)Cc2nc(C)c(C)s2)cn1. The Kier molecular flexibility index (Phi) is 3.49. The van der Waals surface area contributed by atoms with Crippen LogP contribution in [-0.4, -0.2) is 15.0 Å². The maximum atomic E-state index is 6.10. The van der Waals surface area contributed by atoms with Crippen LogP contribution in [0.15, 0.2) is 12.4 Å². The van der Waals surface area contributed by atoms with Gasteiger partial charge >= 0.3 is 0 Å². The maximum absolute atomic E-state index is 6.10. The molecular weight excluding hydrogens is 232 g/mol. The van der Waals surface area contributed by atoms with Crippen molar-refractivity contribution < 1.29 is 0 Å². The summed E-state index contributed by atoms with van der Waals surface area (Å²) < 4.78 is 0. The van der Waals surface area contributed by atoms with E-state index in [9.17, 15) is 0 Å². The zero-order valence-corrected chi connectivity index (χ0v) is 11.1. The normalized spacial score (nSPS) is 12.7. The first kappa shape index (κ1) is 12.1. The topological polar surface area (TPSA) is 64.7 Å². The minimum Gasteiger partial charge on any atom is -0.322 e. The molecule has 2 aromatic heterocycles. The Hall–Kier alpha value is -1.33. The highest BCUT2D eigenvalue weighted by Gasteiger charge is 2.12. The Morgan fingerprint density at radius 2 is 2.00 bits per heavy atom. The van der Waals surface area contributed by atoms with Gasteiger partial charge in [-0.1, -0.05) is 0 Å². The summed E-state index contributed by atoms with van der Waals surface area (Å²) in [5.41, 5.74) is 8.92. The molecule has 1 atom stereocenters. The molecule has 0 bridgehead atoms. The second kappa shape index (κ2) is 4.89. The molecule has 17 heavy (non-hydrogen) atoms. The third kappa shape index (κ3) is 2.87. The number of thiazole rings is 1. The van der Waals surface area contributed by atoms with E-state index >= 15 is 0 Å². The molecule has 0 saturated carbocycles. The highest BCUT2D eigenvalue weighted by Crippen LogP contribution is 2.21. The number of nitrogens with zero attached hydrogens (tertiary/aromatic N) is 3. The van der Waals surface area contributed by atoms with Crippen molar-refractivity contribution in [1.82, 2.24) is 15.0 Å². The fourth-order valence-electron chi connectivity index (χ4n) is 1.51. The van der Waals surface area contributed by atoms with Gasteiger partial charge in [-0.05, 0) is 20.8 Å². The van der Waals surface area contributed by atoms with Crippen LogP contribution in [0.25, 0.3) is 0 Å². The summed E-state index contributed by atoms with van der Waals surface area (Å²) in [7, 11) is 0. The van der Waals surface area contributed by atoms with E-state index in [1.165, 1.54) is 4.88 Å². The Bertz CT molecular complexity index is 484. The zero-order valence-electron chi connectivity index (χ0n) is 10.3. The van der Waals surface area contributed by atoms with Gasteiger partial charge in [0, 0.05) is 17.5 Å². The Morgan fingerprint density at radius 1 is 1.24 bits per heavy atom. The minimum absolute atomic E-state index is 0.131. The van der Waals surface area contributed by atoms with Crippen molar-refractivity contribution in [2.24, 2.45) is 5.73 Å². The first-order valence-electron chi connectivity index (χ1n) is 5.53. The molecule has 0 aliphatic heterocycles. The quantitative estimate of drug-likeness (QED) is 0.903. The van der Waals surface area contributed by atoms with Crippen molar-refractivity contribution >= 4 is 11.3 Å². The van der Waals surface area contributed by atoms with Crippen molar-refractivity contribution in [1.29, 1.82) is 0 Å².